The maximum Gasteiger partial charge on any atom is 0.339 e. The molecule has 1 N–H and O–H groups in total. The van der Waals surface area contributed by atoms with Gasteiger partial charge in [0.2, 0.25) is 0 Å². The number of carbonyl (C=O) groups is 1. The van der Waals surface area contributed by atoms with E-state index in [9.17, 15) is 18.7 Å². The second-order valence-corrected chi connectivity index (χ2v) is 4.17. The van der Waals surface area contributed by atoms with Crippen LogP contribution in [0.5, 0.6) is 0 Å². The minimum Gasteiger partial charge on any atom is -0.467 e. The molecule has 0 aliphatic rings. The van der Waals surface area contributed by atoms with E-state index >= 15 is 0 Å². The summed E-state index contributed by atoms with van der Waals surface area (Å²) >= 11 is 0. The fourth-order valence-corrected chi connectivity index (χ4v) is 1.92. The Labute approximate surface area is 114 Å². The van der Waals surface area contributed by atoms with Gasteiger partial charge in [-0.2, -0.15) is 0 Å². The van der Waals surface area contributed by atoms with Crippen LogP contribution < -0.4 is 0 Å². The Morgan fingerprint density at radius 1 is 1.15 bits per heavy atom. The quantitative estimate of drug-likeness (QED) is 0.878. The van der Waals surface area contributed by atoms with Gasteiger partial charge in [-0.1, -0.05) is 18.2 Å². The molecular formula is C15H12F2O3. The molecule has 0 saturated heterocycles. The molecule has 104 valence electrons. The summed E-state index contributed by atoms with van der Waals surface area (Å²) in [7, 11) is 1.12. The maximum absolute atomic E-state index is 13.3. The van der Waals surface area contributed by atoms with E-state index in [0.29, 0.717) is 11.1 Å². The lowest BCUT2D eigenvalue weighted by atomic mass is 9.96. The molecule has 3 nitrogen and oxygen atoms in total. The zero-order valence-electron chi connectivity index (χ0n) is 10.6. The smallest absolute Gasteiger partial charge is 0.339 e. The zero-order chi connectivity index (χ0) is 14.7. The molecule has 0 amide bonds. The summed E-state index contributed by atoms with van der Waals surface area (Å²) in [5, 5.41) is 9.89. The summed E-state index contributed by atoms with van der Waals surface area (Å²) in [6, 6.07) is 9.18. The van der Waals surface area contributed by atoms with Gasteiger partial charge in [0.15, 0.2) is 6.10 Å². The number of aliphatic hydroxyl groups is 1. The second kappa shape index (κ2) is 5.79. The first kappa shape index (κ1) is 14.1. The average Bonchev–Trinajstić information content (AvgIpc) is 2.45. The molecule has 2 aromatic carbocycles. The van der Waals surface area contributed by atoms with Crippen LogP contribution in [0, 0.1) is 11.6 Å². The van der Waals surface area contributed by atoms with Crippen LogP contribution in [-0.2, 0) is 9.53 Å². The summed E-state index contributed by atoms with van der Waals surface area (Å²) in [6.45, 7) is 0. The Bertz CT molecular complexity index is 641. The summed E-state index contributed by atoms with van der Waals surface area (Å²) in [5.41, 5.74) is 0.828. The molecule has 0 fully saturated rings. The molecule has 5 heteroatoms. The largest absolute Gasteiger partial charge is 0.467 e. The molecule has 0 radical (unpaired) electrons. The van der Waals surface area contributed by atoms with Crippen LogP contribution in [0.4, 0.5) is 8.78 Å². The van der Waals surface area contributed by atoms with Crippen LogP contribution in [0.15, 0.2) is 42.5 Å². The van der Waals surface area contributed by atoms with Crippen molar-refractivity contribution < 1.29 is 23.4 Å². The lowest BCUT2D eigenvalue weighted by molar-refractivity contribution is -0.150. The van der Waals surface area contributed by atoms with Crippen LogP contribution in [0.2, 0.25) is 0 Å². The van der Waals surface area contributed by atoms with Gasteiger partial charge >= 0.3 is 5.97 Å². The molecule has 2 aromatic rings. The van der Waals surface area contributed by atoms with Gasteiger partial charge in [0.1, 0.15) is 11.6 Å². The highest BCUT2D eigenvalue weighted by Gasteiger charge is 2.22. The first-order chi connectivity index (χ1) is 9.52. The van der Waals surface area contributed by atoms with Gasteiger partial charge < -0.3 is 9.84 Å². The molecule has 0 aliphatic carbocycles. The molecular weight excluding hydrogens is 266 g/mol. The van der Waals surface area contributed by atoms with Gasteiger partial charge in [-0.25, -0.2) is 13.6 Å². The van der Waals surface area contributed by atoms with Crippen molar-refractivity contribution in [2.45, 2.75) is 6.10 Å². The fraction of sp³-hybridized carbons (Fsp3) is 0.133. The minimum atomic E-state index is -1.63. The molecule has 0 aliphatic heterocycles. The number of methoxy groups -OCH3 is 1. The molecule has 1 atom stereocenters. The monoisotopic (exact) mass is 278 g/mol. The van der Waals surface area contributed by atoms with Gasteiger partial charge in [0.05, 0.1) is 7.11 Å². The van der Waals surface area contributed by atoms with Crippen molar-refractivity contribution in [2.24, 2.45) is 0 Å². The third kappa shape index (κ3) is 2.83. The van der Waals surface area contributed by atoms with Crippen LogP contribution >= 0.6 is 0 Å². The topological polar surface area (TPSA) is 46.5 Å². The number of carbonyl (C=O) groups excluding carboxylic acids is 1. The van der Waals surface area contributed by atoms with Crippen LogP contribution in [0.25, 0.3) is 11.1 Å². The van der Waals surface area contributed by atoms with E-state index in [-0.39, 0.29) is 5.56 Å². The highest BCUT2D eigenvalue weighted by Crippen LogP contribution is 2.30. The van der Waals surface area contributed by atoms with E-state index in [1.807, 2.05) is 0 Å². The Hall–Kier alpha value is -2.27. The highest BCUT2D eigenvalue weighted by molar-refractivity contribution is 5.80. The van der Waals surface area contributed by atoms with Gasteiger partial charge in [0, 0.05) is 5.56 Å². The number of hydrogen-bond donors (Lipinski definition) is 1. The number of ether oxygens (including phenoxy) is 1. The van der Waals surface area contributed by atoms with Crippen molar-refractivity contribution in [1.82, 2.24) is 0 Å². The van der Waals surface area contributed by atoms with Crippen molar-refractivity contribution in [2.75, 3.05) is 7.11 Å². The van der Waals surface area contributed by atoms with Crippen molar-refractivity contribution >= 4 is 5.97 Å². The molecule has 1 unspecified atom stereocenters. The standard InChI is InChI=1S/C15H12F2O3/c1-20-15(19)14(18)13-8-11(17)5-6-12(13)9-3-2-4-10(16)7-9/h2-8,14,18H,1H3. The summed E-state index contributed by atoms with van der Waals surface area (Å²) in [5.74, 6) is -1.98. The summed E-state index contributed by atoms with van der Waals surface area (Å²) in [6.07, 6.45) is -1.63. The van der Waals surface area contributed by atoms with E-state index in [2.05, 4.69) is 4.74 Å². The van der Waals surface area contributed by atoms with Crippen molar-refractivity contribution in [1.29, 1.82) is 0 Å². The van der Waals surface area contributed by atoms with Gasteiger partial charge in [-0.15, -0.1) is 0 Å². The molecule has 20 heavy (non-hydrogen) atoms. The molecule has 2 rings (SSSR count). The number of aliphatic hydroxyl groups excluding tert-OH is 1. The Kier molecular flexibility index (Phi) is 4.10. The number of esters is 1. The lowest BCUT2D eigenvalue weighted by Gasteiger charge is -2.14. The normalized spacial score (nSPS) is 12.0. The zero-order valence-corrected chi connectivity index (χ0v) is 10.6. The minimum absolute atomic E-state index is 0.0300. The van der Waals surface area contributed by atoms with Gasteiger partial charge in [0.25, 0.3) is 0 Å². The maximum atomic E-state index is 13.3. The third-order valence-electron chi connectivity index (χ3n) is 2.87. The van der Waals surface area contributed by atoms with E-state index in [0.717, 1.165) is 13.2 Å². The highest BCUT2D eigenvalue weighted by atomic mass is 19.1. The van der Waals surface area contributed by atoms with Crippen molar-refractivity contribution in [3.05, 3.63) is 59.7 Å². The second-order valence-electron chi connectivity index (χ2n) is 4.17. The van der Waals surface area contributed by atoms with E-state index in [1.165, 1.54) is 30.3 Å². The number of benzene rings is 2. The Balaban J connectivity index is 2.56. The molecule has 0 bridgehead atoms. The number of halogens is 2. The number of rotatable bonds is 3. The van der Waals surface area contributed by atoms with Crippen LogP contribution in [0.3, 0.4) is 0 Å². The molecule has 0 spiro atoms. The predicted octanol–water partition coefficient (Wildman–Crippen LogP) is 2.84. The summed E-state index contributed by atoms with van der Waals surface area (Å²) < 4.78 is 31.0. The third-order valence-corrected chi connectivity index (χ3v) is 2.87. The summed E-state index contributed by atoms with van der Waals surface area (Å²) in [4.78, 5) is 11.4. The van der Waals surface area contributed by atoms with E-state index in [4.69, 9.17) is 0 Å². The predicted molar refractivity (Wildman–Crippen MR) is 68.8 cm³/mol. The lowest BCUT2D eigenvalue weighted by Crippen LogP contribution is -2.14. The van der Waals surface area contributed by atoms with Gasteiger partial charge in [-0.3, -0.25) is 0 Å². The first-order valence-electron chi connectivity index (χ1n) is 5.84. The van der Waals surface area contributed by atoms with Crippen LogP contribution in [0.1, 0.15) is 11.7 Å². The van der Waals surface area contributed by atoms with E-state index < -0.39 is 23.7 Å². The van der Waals surface area contributed by atoms with Crippen molar-refractivity contribution in [3.8, 4) is 11.1 Å². The molecule has 0 heterocycles. The SMILES string of the molecule is COC(=O)C(O)c1cc(F)ccc1-c1cccc(F)c1. The average molecular weight is 278 g/mol. The van der Waals surface area contributed by atoms with Crippen molar-refractivity contribution in [3.63, 3.8) is 0 Å². The number of hydrogen-bond acceptors (Lipinski definition) is 3. The fourth-order valence-electron chi connectivity index (χ4n) is 1.92. The van der Waals surface area contributed by atoms with E-state index in [1.54, 1.807) is 6.07 Å². The van der Waals surface area contributed by atoms with Gasteiger partial charge in [-0.05, 0) is 35.4 Å². The Morgan fingerprint density at radius 2 is 1.85 bits per heavy atom. The molecule has 0 saturated carbocycles. The first-order valence-corrected chi connectivity index (χ1v) is 5.84. The molecule has 0 aromatic heterocycles. The van der Waals surface area contributed by atoms with Crippen LogP contribution in [-0.4, -0.2) is 18.2 Å². The Morgan fingerprint density at radius 3 is 2.50 bits per heavy atom.